The molecule has 39 heavy (non-hydrogen) atoms. The molecule has 4 rings (SSSR count). The standard InChI is InChI=1S/C31H29NO7/c1-35-27-15-12-22(30(33)32-26-18-29(37-3)28(36-2)17-25(26)31(34)38-4)16-23(27)19-39-24-13-10-21(11-14-24)20-8-6-5-7-9-20/h5-18H,19H2,1-4H3,(H,32,33). The van der Waals surface area contributed by atoms with Crippen LogP contribution in [-0.2, 0) is 11.3 Å². The maximum absolute atomic E-state index is 13.2. The molecule has 1 N–H and O–H groups in total. The van der Waals surface area contributed by atoms with Crippen molar-refractivity contribution >= 4 is 17.6 Å². The minimum atomic E-state index is -0.631. The highest BCUT2D eigenvalue weighted by atomic mass is 16.5. The highest BCUT2D eigenvalue weighted by molar-refractivity contribution is 6.08. The molecule has 8 nitrogen and oxygen atoms in total. The van der Waals surface area contributed by atoms with E-state index in [2.05, 4.69) is 5.32 Å². The van der Waals surface area contributed by atoms with Crippen LogP contribution in [0.4, 0.5) is 5.69 Å². The third kappa shape index (κ3) is 6.30. The molecule has 200 valence electrons. The number of methoxy groups -OCH3 is 4. The molecule has 0 unspecified atom stereocenters. The maximum Gasteiger partial charge on any atom is 0.340 e. The van der Waals surface area contributed by atoms with Crippen LogP contribution in [0.3, 0.4) is 0 Å². The van der Waals surface area contributed by atoms with Crippen LogP contribution in [0.5, 0.6) is 23.0 Å². The molecule has 4 aromatic rings. The van der Waals surface area contributed by atoms with E-state index in [-0.39, 0.29) is 17.9 Å². The van der Waals surface area contributed by atoms with Gasteiger partial charge in [-0.25, -0.2) is 4.79 Å². The minimum Gasteiger partial charge on any atom is -0.496 e. The molecule has 0 saturated heterocycles. The molecule has 0 aliphatic carbocycles. The lowest BCUT2D eigenvalue weighted by Gasteiger charge is -2.16. The Hall–Kier alpha value is -4.98. The van der Waals surface area contributed by atoms with Gasteiger partial charge in [-0.15, -0.1) is 0 Å². The van der Waals surface area contributed by atoms with Gasteiger partial charge >= 0.3 is 5.97 Å². The number of hydrogen-bond donors (Lipinski definition) is 1. The Morgan fingerprint density at radius 2 is 1.33 bits per heavy atom. The molecule has 0 spiro atoms. The van der Waals surface area contributed by atoms with Crippen molar-refractivity contribution in [2.75, 3.05) is 33.8 Å². The van der Waals surface area contributed by atoms with E-state index in [9.17, 15) is 9.59 Å². The summed E-state index contributed by atoms with van der Waals surface area (Å²) in [6.07, 6.45) is 0. The Balaban J connectivity index is 1.53. The van der Waals surface area contributed by atoms with Crippen molar-refractivity contribution in [3.8, 4) is 34.1 Å². The Kier molecular flexibility index (Phi) is 8.68. The lowest BCUT2D eigenvalue weighted by molar-refractivity contribution is 0.0601. The molecule has 0 bridgehead atoms. The van der Waals surface area contributed by atoms with Gasteiger partial charge in [0.15, 0.2) is 11.5 Å². The number of carbonyl (C=O) groups excluding carboxylic acids is 2. The van der Waals surface area contributed by atoms with Crippen LogP contribution < -0.4 is 24.3 Å². The molecule has 0 fully saturated rings. The summed E-state index contributed by atoms with van der Waals surface area (Å²) in [5, 5.41) is 2.77. The normalized spacial score (nSPS) is 10.4. The Labute approximate surface area is 227 Å². The van der Waals surface area contributed by atoms with Gasteiger partial charge in [0, 0.05) is 23.3 Å². The fraction of sp³-hybridized carbons (Fsp3) is 0.161. The van der Waals surface area contributed by atoms with Gasteiger partial charge in [-0.3, -0.25) is 4.79 Å². The smallest absolute Gasteiger partial charge is 0.340 e. The van der Waals surface area contributed by atoms with Crippen LogP contribution in [-0.4, -0.2) is 40.3 Å². The summed E-state index contributed by atoms with van der Waals surface area (Å²) < 4.78 is 27.0. The number of nitrogens with one attached hydrogen (secondary N) is 1. The van der Waals surface area contributed by atoms with E-state index < -0.39 is 11.9 Å². The van der Waals surface area contributed by atoms with Crippen molar-refractivity contribution in [1.82, 2.24) is 0 Å². The predicted octanol–water partition coefficient (Wildman–Crippen LogP) is 6.00. The lowest BCUT2D eigenvalue weighted by Crippen LogP contribution is -2.16. The summed E-state index contributed by atoms with van der Waals surface area (Å²) in [7, 11) is 5.73. The van der Waals surface area contributed by atoms with Crippen LogP contribution in [0.25, 0.3) is 11.1 Å². The molecule has 1 amide bonds. The molecule has 4 aromatic carbocycles. The van der Waals surface area contributed by atoms with E-state index in [1.54, 1.807) is 25.3 Å². The quantitative estimate of drug-likeness (QED) is 0.253. The largest absolute Gasteiger partial charge is 0.496 e. The molecule has 0 radical (unpaired) electrons. The van der Waals surface area contributed by atoms with E-state index in [4.69, 9.17) is 23.7 Å². The first-order valence-electron chi connectivity index (χ1n) is 12.1. The number of esters is 1. The average molecular weight is 528 g/mol. The van der Waals surface area contributed by atoms with Crippen molar-refractivity contribution < 1.29 is 33.3 Å². The predicted molar refractivity (Wildman–Crippen MR) is 148 cm³/mol. The van der Waals surface area contributed by atoms with Gasteiger partial charge in [0.1, 0.15) is 18.1 Å². The van der Waals surface area contributed by atoms with Crippen LogP contribution in [0.1, 0.15) is 26.3 Å². The fourth-order valence-electron chi connectivity index (χ4n) is 4.02. The van der Waals surface area contributed by atoms with Gasteiger partial charge in [0.2, 0.25) is 0 Å². The number of carbonyl (C=O) groups is 2. The number of anilines is 1. The number of rotatable bonds is 10. The summed E-state index contributed by atoms with van der Waals surface area (Å²) >= 11 is 0. The lowest BCUT2D eigenvalue weighted by atomic mass is 10.1. The van der Waals surface area contributed by atoms with Gasteiger partial charge in [-0.05, 0) is 41.5 Å². The van der Waals surface area contributed by atoms with Gasteiger partial charge in [-0.2, -0.15) is 0 Å². The van der Waals surface area contributed by atoms with E-state index in [0.29, 0.717) is 34.1 Å². The van der Waals surface area contributed by atoms with Crippen LogP contribution in [0.2, 0.25) is 0 Å². The van der Waals surface area contributed by atoms with Crippen molar-refractivity contribution in [3.63, 3.8) is 0 Å². The van der Waals surface area contributed by atoms with Gasteiger partial charge < -0.3 is 29.0 Å². The Morgan fingerprint density at radius 1 is 0.692 bits per heavy atom. The van der Waals surface area contributed by atoms with Crippen molar-refractivity contribution in [2.45, 2.75) is 6.61 Å². The SMILES string of the molecule is COC(=O)c1cc(OC)c(OC)cc1NC(=O)c1ccc(OC)c(COc2ccc(-c3ccccc3)cc2)c1. The van der Waals surface area contributed by atoms with E-state index in [0.717, 1.165) is 11.1 Å². The number of ether oxygens (including phenoxy) is 5. The fourth-order valence-corrected chi connectivity index (χ4v) is 4.02. The van der Waals surface area contributed by atoms with Crippen LogP contribution in [0.15, 0.2) is 84.9 Å². The highest BCUT2D eigenvalue weighted by Gasteiger charge is 2.20. The van der Waals surface area contributed by atoms with Gasteiger partial charge in [-0.1, -0.05) is 42.5 Å². The maximum atomic E-state index is 13.2. The molecule has 0 heterocycles. The van der Waals surface area contributed by atoms with Crippen molar-refractivity contribution in [3.05, 3.63) is 102 Å². The zero-order valence-electron chi connectivity index (χ0n) is 22.1. The Bertz CT molecular complexity index is 1450. The van der Waals surface area contributed by atoms with E-state index >= 15 is 0 Å². The molecule has 0 aliphatic rings. The molecule has 0 aliphatic heterocycles. The summed E-state index contributed by atoms with van der Waals surface area (Å²) in [6.45, 7) is 0.179. The molecule has 0 saturated carbocycles. The topological polar surface area (TPSA) is 92.3 Å². The second kappa shape index (κ2) is 12.5. The monoisotopic (exact) mass is 527 g/mol. The highest BCUT2D eigenvalue weighted by Crippen LogP contribution is 2.34. The summed E-state index contributed by atoms with van der Waals surface area (Å²) in [5.41, 5.74) is 3.57. The molecule has 0 aromatic heterocycles. The van der Waals surface area contributed by atoms with Gasteiger partial charge in [0.25, 0.3) is 5.91 Å². The molecule has 0 atom stereocenters. The van der Waals surface area contributed by atoms with Crippen molar-refractivity contribution in [2.24, 2.45) is 0 Å². The van der Waals surface area contributed by atoms with Crippen molar-refractivity contribution in [1.29, 1.82) is 0 Å². The van der Waals surface area contributed by atoms with Crippen LogP contribution in [0, 0.1) is 0 Å². The minimum absolute atomic E-state index is 0.125. The number of benzene rings is 4. The molecular weight excluding hydrogens is 498 g/mol. The van der Waals surface area contributed by atoms with E-state index in [1.807, 2.05) is 54.6 Å². The summed E-state index contributed by atoms with van der Waals surface area (Å²) in [6, 6.07) is 25.8. The van der Waals surface area contributed by atoms with E-state index in [1.165, 1.54) is 33.5 Å². The Morgan fingerprint density at radius 3 is 1.97 bits per heavy atom. The number of amides is 1. The number of hydrogen-bond acceptors (Lipinski definition) is 7. The summed E-state index contributed by atoms with van der Waals surface area (Å²) in [4.78, 5) is 25.6. The molecular formula is C31H29NO7. The molecule has 8 heteroatoms. The second-order valence-electron chi connectivity index (χ2n) is 8.40. The first-order chi connectivity index (χ1) is 19.0. The first kappa shape index (κ1) is 27.1. The third-order valence-electron chi connectivity index (χ3n) is 6.08. The zero-order valence-corrected chi connectivity index (χ0v) is 22.1. The van der Waals surface area contributed by atoms with Gasteiger partial charge in [0.05, 0.1) is 39.7 Å². The van der Waals surface area contributed by atoms with Crippen LogP contribution >= 0.6 is 0 Å². The first-order valence-corrected chi connectivity index (χ1v) is 12.1. The third-order valence-corrected chi connectivity index (χ3v) is 6.08. The second-order valence-corrected chi connectivity index (χ2v) is 8.40. The summed E-state index contributed by atoms with van der Waals surface area (Å²) in [5.74, 6) is 0.865. The zero-order chi connectivity index (χ0) is 27.8. The average Bonchev–Trinajstić information content (AvgIpc) is 2.99.